The first-order valence-electron chi connectivity index (χ1n) is 7.18. The molecule has 94 valence electrons. The van der Waals surface area contributed by atoms with E-state index >= 15 is 0 Å². The smallest absolute Gasteiger partial charge is 0.000842 e. The average Bonchev–Trinajstić information content (AvgIpc) is 2.84. The lowest BCUT2D eigenvalue weighted by atomic mass is 9.67. The highest BCUT2D eigenvalue weighted by Crippen LogP contribution is 2.46. The van der Waals surface area contributed by atoms with Gasteiger partial charge in [0.2, 0.25) is 0 Å². The highest BCUT2D eigenvalue weighted by atomic mass is 15.1. The molecule has 1 N–H and O–H groups in total. The number of likely N-dealkylation sites (tertiary alicyclic amines) is 1. The van der Waals surface area contributed by atoms with E-state index in [1.807, 2.05) is 0 Å². The van der Waals surface area contributed by atoms with E-state index in [4.69, 9.17) is 0 Å². The Labute approximate surface area is 101 Å². The van der Waals surface area contributed by atoms with Gasteiger partial charge in [0.25, 0.3) is 0 Å². The maximum Gasteiger partial charge on any atom is 0.000842 e. The second kappa shape index (κ2) is 5.50. The predicted octanol–water partition coefficient (Wildman–Crippen LogP) is 2.50. The van der Waals surface area contributed by atoms with E-state index < -0.39 is 0 Å². The van der Waals surface area contributed by atoms with E-state index in [1.165, 1.54) is 64.7 Å². The maximum absolute atomic E-state index is 3.47. The molecule has 1 aliphatic heterocycles. The van der Waals surface area contributed by atoms with Crippen molar-refractivity contribution in [3.63, 3.8) is 0 Å². The Bertz CT molecular complexity index is 201. The molecule has 2 aliphatic rings. The zero-order valence-corrected chi connectivity index (χ0v) is 11.1. The third kappa shape index (κ3) is 2.43. The monoisotopic (exact) mass is 224 g/mol. The molecule has 0 unspecified atom stereocenters. The van der Waals surface area contributed by atoms with Gasteiger partial charge in [-0.05, 0) is 63.7 Å². The molecule has 0 bridgehead atoms. The highest BCUT2D eigenvalue weighted by Gasteiger charge is 2.41. The van der Waals surface area contributed by atoms with Crippen molar-refractivity contribution in [3.8, 4) is 0 Å². The summed E-state index contributed by atoms with van der Waals surface area (Å²) in [5.41, 5.74) is 0.636. The molecule has 0 amide bonds. The molecule has 2 fully saturated rings. The fourth-order valence-corrected chi connectivity index (χ4v) is 3.93. The lowest BCUT2D eigenvalue weighted by Gasteiger charge is -2.45. The van der Waals surface area contributed by atoms with Gasteiger partial charge in [0, 0.05) is 6.54 Å². The van der Waals surface area contributed by atoms with Crippen LogP contribution in [0, 0.1) is 11.3 Å². The molecule has 0 atom stereocenters. The van der Waals surface area contributed by atoms with Crippen molar-refractivity contribution in [2.24, 2.45) is 11.3 Å². The Kier molecular flexibility index (Phi) is 4.26. The molecule has 1 saturated carbocycles. The van der Waals surface area contributed by atoms with Gasteiger partial charge in [0.1, 0.15) is 0 Å². The Morgan fingerprint density at radius 1 is 1.19 bits per heavy atom. The quantitative estimate of drug-likeness (QED) is 0.789. The molecule has 2 nitrogen and oxygen atoms in total. The van der Waals surface area contributed by atoms with E-state index in [0.717, 1.165) is 5.92 Å². The summed E-state index contributed by atoms with van der Waals surface area (Å²) in [5.74, 6) is 1.01. The van der Waals surface area contributed by atoms with E-state index in [0.29, 0.717) is 5.41 Å². The average molecular weight is 224 g/mol. The Balaban J connectivity index is 1.99. The third-order valence-corrected chi connectivity index (χ3v) is 5.05. The lowest BCUT2D eigenvalue weighted by Crippen LogP contribution is -2.48. The largest absolute Gasteiger partial charge is 0.319 e. The summed E-state index contributed by atoms with van der Waals surface area (Å²) in [4.78, 5) is 2.61. The molecule has 0 aromatic heterocycles. The van der Waals surface area contributed by atoms with Gasteiger partial charge in [-0.1, -0.05) is 19.8 Å². The van der Waals surface area contributed by atoms with Gasteiger partial charge in [-0.3, -0.25) is 0 Å². The van der Waals surface area contributed by atoms with Crippen LogP contribution < -0.4 is 5.32 Å². The van der Waals surface area contributed by atoms with Crippen LogP contribution in [-0.2, 0) is 0 Å². The van der Waals surface area contributed by atoms with Crippen molar-refractivity contribution in [3.05, 3.63) is 0 Å². The van der Waals surface area contributed by atoms with Crippen molar-refractivity contribution in [1.82, 2.24) is 10.2 Å². The standard InChI is InChI=1S/C14H28N2/c1-3-16-10-8-14(9-11-16,12-15-2)13-6-4-5-7-13/h13,15H,3-12H2,1-2H3. The van der Waals surface area contributed by atoms with Gasteiger partial charge in [0.15, 0.2) is 0 Å². The van der Waals surface area contributed by atoms with Gasteiger partial charge >= 0.3 is 0 Å². The van der Waals surface area contributed by atoms with Gasteiger partial charge < -0.3 is 10.2 Å². The maximum atomic E-state index is 3.47. The summed E-state index contributed by atoms with van der Waals surface area (Å²) in [7, 11) is 2.13. The number of piperidine rings is 1. The molecular weight excluding hydrogens is 196 g/mol. The first kappa shape index (κ1) is 12.4. The number of hydrogen-bond donors (Lipinski definition) is 1. The van der Waals surface area contributed by atoms with Crippen molar-refractivity contribution in [2.45, 2.75) is 45.4 Å². The second-order valence-corrected chi connectivity index (χ2v) is 5.81. The fourth-order valence-electron chi connectivity index (χ4n) is 3.93. The van der Waals surface area contributed by atoms with Crippen LogP contribution in [0.5, 0.6) is 0 Å². The molecular formula is C14H28N2. The summed E-state index contributed by atoms with van der Waals surface area (Å²) in [6.45, 7) is 7.43. The summed E-state index contributed by atoms with van der Waals surface area (Å²) < 4.78 is 0. The van der Waals surface area contributed by atoms with Crippen LogP contribution >= 0.6 is 0 Å². The molecule has 1 aliphatic carbocycles. The first-order valence-corrected chi connectivity index (χ1v) is 7.18. The SMILES string of the molecule is CCN1CCC(CNC)(C2CCCC2)CC1. The molecule has 1 saturated heterocycles. The first-order chi connectivity index (χ1) is 7.80. The van der Waals surface area contributed by atoms with E-state index in [1.54, 1.807) is 0 Å². The summed E-state index contributed by atoms with van der Waals surface area (Å²) in [6.07, 6.45) is 8.79. The summed E-state index contributed by atoms with van der Waals surface area (Å²) in [6, 6.07) is 0. The van der Waals surface area contributed by atoms with Gasteiger partial charge in [0.05, 0.1) is 0 Å². The number of nitrogens with zero attached hydrogens (tertiary/aromatic N) is 1. The van der Waals surface area contributed by atoms with Gasteiger partial charge in [-0.2, -0.15) is 0 Å². The minimum atomic E-state index is 0.636. The Hall–Kier alpha value is -0.0800. The lowest BCUT2D eigenvalue weighted by molar-refractivity contribution is 0.0531. The van der Waals surface area contributed by atoms with Crippen LogP contribution in [0.2, 0.25) is 0 Å². The molecule has 1 heterocycles. The second-order valence-electron chi connectivity index (χ2n) is 5.81. The Morgan fingerprint density at radius 2 is 1.81 bits per heavy atom. The van der Waals surface area contributed by atoms with Gasteiger partial charge in [-0.15, -0.1) is 0 Å². The molecule has 0 aromatic carbocycles. The molecule has 0 radical (unpaired) electrons. The highest BCUT2D eigenvalue weighted by molar-refractivity contribution is 4.94. The molecule has 0 aromatic rings. The minimum absolute atomic E-state index is 0.636. The van der Waals surface area contributed by atoms with Crippen LogP contribution in [0.25, 0.3) is 0 Å². The van der Waals surface area contributed by atoms with Crippen LogP contribution in [0.4, 0.5) is 0 Å². The van der Waals surface area contributed by atoms with Gasteiger partial charge in [-0.25, -0.2) is 0 Å². The number of hydrogen-bond acceptors (Lipinski definition) is 2. The van der Waals surface area contributed by atoms with Crippen molar-refractivity contribution >= 4 is 0 Å². The predicted molar refractivity (Wildman–Crippen MR) is 69.7 cm³/mol. The van der Waals surface area contributed by atoms with E-state index in [9.17, 15) is 0 Å². The van der Waals surface area contributed by atoms with Crippen molar-refractivity contribution in [2.75, 3.05) is 33.2 Å². The normalized spacial score (nSPS) is 27.4. The minimum Gasteiger partial charge on any atom is -0.319 e. The van der Waals surface area contributed by atoms with E-state index in [2.05, 4.69) is 24.2 Å². The van der Waals surface area contributed by atoms with Crippen LogP contribution in [0.15, 0.2) is 0 Å². The molecule has 2 heteroatoms. The Morgan fingerprint density at radius 3 is 2.31 bits per heavy atom. The number of nitrogens with one attached hydrogen (secondary N) is 1. The van der Waals surface area contributed by atoms with Crippen LogP contribution in [-0.4, -0.2) is 38.1 Å². The van der Waals surface area contributed by atoms with Crippen molar-refractivity contribution < 1.29 is 0 Å². The zero-order chi connectivity index (χ0) is 11.4. The topological polar surface area (TPSA) is 15.3 Å². The zero-order valence-electron chi connectivity index (χ0n) is 11.1. The molecule has 16 heavy (non-hydrogen) atoms. The third-order valence-electron chi connectivity index (χ3n) is 5.05. The van der Waals surface area contributed by atoms with Crippen molar-refractivity contribution in [1.29, 1.82) is 0 Å². The fraction of sp³-hybridized carbons (Fsp3) is 1.00. The molecule has 2 rings (SSSR count). The molecule has 0 spiro atoms. The summed E-state index contributed by atoms with van der Waals surface area (Å²) >= 11 is 0. The number of rotatable bonds is 4. The van der Waals surface area contributed by atoms with Crippen LogP contribution in [0.1, 0.15) is 45.4 Å². The van der Waals surface area contributed by atoms with E-state index in [-0.39, 0.29) is 0 Å². The van der Waals surface area contributed by atoms with Crippen LogP contribution in [0.3, 0.4) is 0 Å². The summed E-state index contributed by atoms with van der Waals surface area (Å²) in [5, 5.41) is 3.47.